The molecule has 0 aromatic heterocycles. The van der Waals surface area contributed by atoms with Crippen LogP contribution in [0.4, 0.5) is 0 Å². The SMILES string of the molecule is O=C(COc1ccc(C(=O)c2ccccc2)cc1)NCCNC(=O)C1CC1. The van der Waals surface area contributed by atoms with Crippen LogP contribution >= 0.6 is 0 Å². The maximum atomic E-state index is 12.3. The normalized spacial score (nSPS) is 12.9. The van der Waals surface area contributed by atoms with Gasteiger partial charge >= 0.3 is 0 Å². The number of hydrogen-bond donors (Lipinski definition) is 2. The molecule has 2 N–H and O–H groups in total. The average molecular weight is 366 g/mol. The lowest BCUT2D eigenvalue weighted by Gasteiger charge is -2.09. The molecule has 0 bridgehead atoms. The van der Waals surface area contributed by atoms with Gasteiger partial charge in [-0.25, -0.2) is 0 Å². The largest absolute Gasteiger partial charge is 0.484 e. The number of benzene rings is 2. The fourth-order valence-corrected chi connectivity index (χ4v) is 2.54. The molecule has 1 saturated carbocycles. The van der Waals surface area contributed by atoms with Crippen LogP contribution < -0.4 is 15.4 Å². The predicted molar refractivity (Wildman–Crippen MR) is 101 cm³/mol. The van der Waals surface area contributed by atoms with Gasteiger partial charge in [-0.3, -0.25) is 14.4 Å². The van der Waals surface area contributed by atoms with Crippen LogP contribution in [0.5, 0.6) is 5.75 Å². The summed E-state index contributed by atoms with van der Waals surface area (Å²) in [5.41, 5.74) is 1.18. The number of amides is 2. The highest BCUT2D eigenvalue weighted by Gasteiger charge is 2.28. The summed E-state index contributed by atoms with van der Waals surface area (Å²) in [5, 5.41) is 5.46. The molecular weight excluding hydrogens is 344 g/mol. The van der Waals surface area contributed by atoms with Gasteiger partial charge in [0, 0.05) is 30.1 Å². The molecule has 140 valence electrons. The first-order chi connectivity index (χ1) is 13.1. The van der Waals surface area contributed by atoms with Crippen molar-refractivity contribution < 1.29 is 19.1 Å². The molecule has 1 aliphatic carbocycles. The zero-order valence-electron chi connectivity index (χ0n) is 14.9. The lowest BCUT2D eigenvalue weighted by molar-refractivity contribution is -0.124. The second-order valence-electron chi connectivity index (χ2n) is 6.42. The lowest BCUT2D eigenvalue weighted by atomic mass is 10.0. The van der Waals surface area contributed by atoms with Gasteiger partial charge in [-0.15, -0.1) is 0 Å². The number of carbonyl (C=O) groups excluding carboxylic acids is 3. The van der Waals surface area contributed by atoms with Gasteiger partial charge in [0.15, 0.2) is 12.4 Å². The molecule has 0 saturated heterocycles. The first kappa shape index (κ1) is 18.6. The summed E-state index contributed by atoms with van der Waals surface area (Å²) in [6.07, 6.45) is 1.92. The van der Waals surface area contributed by atoms with Gasteiger partial charge in [0.05, 0.1) is 0 Å². The molecule has 0 atom stereocenters. The standard InChI is InChI=1S/C21H22N2O4/c24-19(22-12-13-23-21(26)17-6-7-17)14-27-18-10-8-16(9-11-18)20(25)15-4-2-1-3-5-15/h1-5,8-11,17H,6-7,12-14H2,(H,22,24)(H,23,26). The van der Waals surface area contributed by atoms with E-state index in [1.54, 1.807) is 36.4 Å². The van der Waals surface area contributed by atoms with Gasteiger partial charge in [0.25, 0.3) is 5.91 Å². The molecule has 6 nitrogen and oxygen atoms in total. The molecule has 1 aliphatic rings. The van der Waals surface area contributed by atoms with Crippen molar-refractivity contribution in [1.29, 1.82) is 0 Å². The molecular formula is C21H22N2O4. The Morgan fingerprint density at radius 3 is 2.15 bits per heavy atom. The quantitative estimate of drug-likeness (QED) is 0.525. The second kappa shape index (κ2) is 8.98. The number of nitrogens with one attached hydrogen (secondary N) is 2. The molecule has 0 heterocycles. The fourth-order valence-electron chi connectivity index (χ4n) is 2.54. The minimum atomic E-state index is -0.264. The van der Waals surface area contributed by atoms with Crippen molar-refractivity contribution in [2.45, 2.75) is 12.8 Å². The Kier molecular flexibility index (Phi) is 6.20. The molecule has 0 unspecified atom stereocenters. The fraction of sp³-hybridized carbons (Fsp3) is 0.286. The molecule has 0 radical (unpaired) electrons. The van der Waals surface area contributed by atoms with Gasteiger partial charge in [-0.1, -0.05) is 30.3 Å². The summed E-state index contributed by atoms with van der Waals surface area (Å²) in [5.74, 6) is 0.413. The lowest BCUT2D eigenvalue weighted by Crippen LogP contribution is -2.37. The second-order valence-corrected chi connectivity index (χ2v) is 6.42. The Balaban J connectivity index is 1.38. The third kappa shape index (κ3) is 5.67. The molecule has 2 aromatic carbocycles. The van der Waals surface area contributed by atoms with E-state index in [0.717, 1.165) is 12.8 Å². The van der Waals surface area contributed by atoms with E-state index in [0.29, 0.717) is 30.0 Å². The van der Waals surface area contributed by atoms with Crippen LogP contribution in [-0.4, -0.2) is 37.3 Å². The Labute approximate surface area is 157 Å². The van der Waals surface area contributed by atoms with Crippen LogP contribution in [0.15, 0.2) is 54.6 Å². The predicted octanol–water partition coefficient (Wildman–Crippen LogP) is 1.94. The van der Waals surface area contributed by atoms with E-state index in [4.69, 9.17) is 4.74 Å². The maximum absolute atomic E-state index is 12.3. The van der Waals surface area contributed by atoms with Crippen molar-refractivity contribution in [3.05, 3.63) is 65.7 Å². The van der Waals surface area contributed by atoms with Crippen LogP contribution in [0.2, 0.25) is 0 Å². The summed E-state index contributed by atoms with van der Waals surface area (Å²) >= 11 is 0. The van der Waals surface area contributed by atoms with E-state index in [2.05, 4.69) is 10.6 Å². The first-order valence-corrected chi connectivity index (χ1v) is 9.00. The number of rotatable bonds is 9. The van der Waals surface area contributed by atoms with Crippen LogP contribution in [0, 0.1) is 5.92 Å². The summed E-state index contributed by atoms with van der Waals surface area (Å²) in [7, 11) is 0. The van der Waals surface area contributed by atoms with E-state index in [1.165, 1.54) is 0 Å². The van der Waals surface area contributed by atoms with E-state index in [9.17, 15) is 14.4 Å². The third-order valence-electron chi connectivity index (χ3n) is 4.22. The van der Waals surface area contributed by atoms with Crippen molar-refractivity contribution in [3.8, 4) is 5.75 Å². The molecule has 0 aliphatic heterocycles. The first-order valence-electron chi connectivity index (χ1n) is 9.00. The average Bonchev–Trinajstić information content (AvgIpc) is 3.55. The number of carbonyl (C=O) groups is 3. The highest BCUT2D eigenvalue weighted by Crippen LogP contribution is 2.28. The molecule has 2 aromatic rings. The van der Waals surface area contributed by atoms with E-state index < -0.39 is 0 Å². The van der Waals surface area contributed by atoms with E-state index >= 15 is 0 Å². The minimum Gasteiger partial charge on any atom is -0.484 e. The maximum Gasteiger partial charge on any atom is 0.258 e. The van der Waals surface area contributed by atoms with Gasteiger partial charge in [0.1, 0.15) is 5.75 Å². The summed E-state index contributed by atoms with van der Waals surface area (Å²) in [6, 6.07) is 15.7. The highest BCUT2D eigenvalue weighted by molar-refractivity contribution is 6.08. The Morgan fingerprint density at radius 1 is 0.852 bits per heavy atom. The van der Waals surface area contributed by atoms with E-state index in [1.807, 2.05) is 18.2 Å². The molecule has 0 spiro atoms. The van der Waals surface area contributed by atoms with Gasteiger partial charge in [-0.05, 0) is 37.1 Å². The molecule has 1 fully saturated rings. The van der Waals surface area contributed by atoms with Crippen molar-refractivity contribution in [2.75, 3.05) is 19.7 Å². The van der Waals surface area contributed by atoms with Gasteiger partial charge in [0.2, 0.25) is 5.91 Å². The van der Waals surface area contributed by atoms with Crippen molar-refractivity contribution in [2.24, 2.45) is 5.92 Å². The topological polar surface area (TPSA) is 84.5 Å². The van der Waals surface area contributed by atoms with Crippen LogP contribution in [0.1, 0.15) is 28.8 Å². The smallest absolute Gasteiger partial charge is 0.258 e. The summed E-state index contributed by atoms with van der Waals surface area (Å²) in [4.78, 5) is 35.5. The van der Waals surface area contributed by atoms with Gasteiger partial charge < -0.3 is 15.4 Å². The van der Waals surface area contributed by atoms with Crippen molar-refractivity contribution >= 4 is 17.6 Å². The van der Waals surface area contributed by atoms with Crippen LogP contribution in [0.25, 0.3) is 0 Å². The van der Waals surface area contributed by atoms with Crippen LogP contribution in [0.3, 0.4) is 0 Å². The molecule has 3 rings (SSSR count). The Bertz CT molecular complexity index is 799. The Hall–Kier alpha value is -3.15. The summed E-state index contributed by atoms with van der Waals surface area (Å²) < 4.78 is 5.42. The Morgan fingerprint density at radius 2 is 1.48 bits per heavy atom. The van der Waals surface area contributed by atoms with Gasteiger partial charge in [-0.2, -0.15) is 0 Å². The van der Waals surface area contributed by atoms with Crippen molar-refractivity contribution in [1.82, 2.24) is 10.6 Å². The number of ether oxygens (including phenoxy) is 1. The number of hydrogen-bond acceptors (Lipinski definition) is 4. The number of ketones is 1. The van der Waals surface area contributed by atoms with Crippen molar-refractivity contribution in [3.63, 3.8) is 0 Å². The molecule has 6 heteroatoms. The van der Waals surface area contributed by atoms with E-state index in [-0.39, 0.29) is 30.1 Å². The summed E-state index contributed by atoms with van der Waals surface area (Å²) in [6.45, 7) is 0.658. The molecule has 2 amide bonds. The van der Waals surface area contributed by atoms with Crippen LogP contribution in [-0.2, 0) is 9.59 Å². The zero-order valence-corrected chi connectivity index (χ0v) is 14.9. The minimum absolute atomic E-state index is 0.0608. The third-order valence-corrected chi connectivity index (χ3v) is 4.22. The highest BCUT2D eigenvalue weighted by atomic mass is 16.5. The molecule has 27 heavy (non-hydrogen) atoms. The zero-order chi connectivity index (χ0) is 19.1. The monoisotopic (exact) mass is 366 g/mol.